The van der Waals surface area contributed by atoms with Crippen molar-refractivity contribution in [2.75, 3.05) is 27.2 Å². The molecule has 0 saturated carbocycles. The van der Waals surface area contributed by atoms with Crippen LogP contribution in [0.15, 0.2) is 0 Å². The van der Waals surface area contributed by atoms with Gasteiger partial charge in [0.2, 0.25) is 0 Å². The summed E-state index contributed by atoms with van der Waals surface area (Å²) in [4.78, 5) is 1.60. The van der Waals surface area contributed by atoms with Crippen LogP contribution < -0.4 is 5.32 Å². The van der Waals surface area contributed by atoms with E-state index in [1.54, 1.807) is 19.0 Å². The highest BCUT2D eigenvalue weighted by molar-refractivity contribution is 4.80. The zero-order valence-corrected chi connectivity index (χ0v) is 8.19. The van der Waals surface area contributed by atoms with Crippen molar-refractivity contribution in [2.45, 2.75) is 25.8 Å². The molecule has 12 heavy (non-hydrogen) atoms. The summed E-state index contributed by atoms with van der Waals surface area (Å²) in [5.74, 6) is -2.65. The first-order valence-electron chi connectivity index (χ1n) is 4.17. The van der Waals surface area contributed by atoms with E-state index in [0.29, 0.717) is 6.54 Å². The Hall–Kier alpha value is -0.220. The Bertz CT molecular complexity index is 128. The molecule has 0 saturated heterocycles. The van der Waals surface area contributed by atoms with Crippen LogP contribution in [0.4, 0.5) is 8.78 Å². The lowest BCUT2D eigenvalue weighted by Crippen LogP contribution is -2.47. The van der Waals surface area contributed by atoms with Crippen molar-refractivity contribution >= 4 is 0 Å². The molecule has 0 aliphatic rings. The molecule has 0 aromatic rings. The predicted octanol–water partition coefficient (Wildman–Crippen LogP) is 1.18. The molecular weight excluding hydrogens is 162 g/mol. The number of hydrogen-bond acceptors (Lipinski definition) is 2. The average Bonchev–Trinajstić information content (AvgIpc) is 2.02. The Labute approximate surface area is 72.9 Å². The number of nitrogens with zero attached hydrogens (tertiary/aromatic N) is 1. The quantitative estimate of drug-likeness (QED) is 0.683. The SMILES string of the molecule is CCN(C)CC(F)(F)C(C)NC. The van der Waals surface area contributed by atoms with Crippen LogP contribution in [0.2, 0.25) is 0 Å². The van der Waals surface area contributed by atoms with Gasteiger partial charge in [-0.25, -0.2) is 8.78 Å². The van der Waals surface area contributed by atoms with E-state index in [4.69, 9.17) is 0 Å². The second-order valence-electron chi connectivity index (χ2n) is 3.10. The van der Waals surface area contributed by atoms with Crippen molar-refractivity contribution in [3.05, 3.63) is 0 Å². The second kappa shape index (κ2) is 4.72. The summed E-state index contributed by atoms with van der Waals surface area (Å²) in [6, 6.07) is -0.772. The van der Waals surface area contributed by atoms with Gasteiger partial charge in [-0.05, 0) is 27.6 Å². The van der Waals surface area contributed by atoms with Crippen molar-refractivity contribution in [2.24, 2.45) is 0 Å². The monoisotopic (exact) mass is 180 g/mol. The molecular formula is C8H18F2N2. The summed E-state index contributed by atoms with van der Waals surface area (Å²) in [5.41, 5.74) is 0. The highest BCUT2D eigenvalue weighted by Crippen LogP contribution is 2.18. The minimum absolute atomic E-state index is 0.189. The van der Waals surface area contributed by atoms with Gasteiger partial charge in [-0.15, -0.1) is 0 Å². The van der Waals surface area contributed by atoms with E-state index < -0.39 is 12.0 Å². The molecule has 1 N–H and O–H groups in total. The molecule has 0 aliphatic carbocycles. The third-order valence-corrected chi connectivity index (χ3v) is 2.09. The van der Waals surface area contributed by atoms with Gasteiger partial charge in [-0.1, -0.05) is 6.92 Å². The minimum atomic E-state index is -2.65. The van der Waals surface area contributed by atoms with Gasteiger partial charge < -0.3 is 10.2 Å². The Morgan fingerprint density at radius 2 is 2.00 bits per heavy atom. The van der Waals surface area contributed by atoms with Crippen LogP contribution in [0.3, 0.4) is 0 Å². The Morgan fingerprint density at radius 1 is 1.50 bits per heavy atom. The van der Waals surface area contributed by atoms with Gasteiger partial charge in [-0.2, -0.15) is 0 Å². The van der Waals surface area contributed by atoms with E-state index >= 15 is 0 Å². The van der Waals surface area contributed by atoms with Crippen molar-refractivity contribution < 1.29 is 8.78 Å². The molecule has 0 rings (SSSR count). The molecule has 0 fully saturated rings. The summed E-state index contributed by atoms with van der Waals surface area (Å²) < 4.78 is 26.3. The first kappa shape index (κ1) is 11.8. The summed E-state index contributed by atoms with van der Waals surface area (Å²) >= 11 is 0. The lowest BCUT2D eigenvalue weighted by molar-refractivity contribution is -0.0514. The van der Waals surface area contributed by atoms with Crippen LogP contribution in [0.5, 0.6) is 0 Å². The van der Waals surface area contributed by atoms with E-state index in [2.05, 4.69) is 5.32 Å². The summed E-state index contributed by atoms with van der Waals surface area (Å²) in [5, 5.41) is 2.56. The minimum Gasteiger partial charge on any atom is -0.312 e. The Balaban J connectivity index is 4.02. The Morgan fingerprint density at radius 3 is 2.33 bits per heavy atom. The maximum atomic E-state index is 13.2. The zero-order chi connectivity index (χ0) is 9.78. The lowest BCUT2D eigenvalue weighted by atomic mass is 10.1. The van der Waals surface area contributed by atoms with E-state index in [-0.39, 0.29) is 6.54 Å². The lowest BCUT2D eigenvalue weighted by Gasteiger charge is -2.27. The van der Waals surface area contributed by atoms with Crippen LogP contribution >= 0.6 is 0 Å². The van der Waals surface area contributed by atoms with E-state index in [1.807, 2.05) is 6.92 Å². The number of alkyl halides is 2. The molecule has 0 heterocycles. The molecule has 2 nitrogen and oxygen atoms in total. The third-order valence-electron chi connectivity index (χ3n) is 2.09. The first-order valence-corrected chi connectivity index (χ1v) is 4.17. The standard InChI is InChI=1S/C8H18F2N2/c1-5-12(4)6-8(9,10)7(2)11-3/h7,11H,5-6H2,1-4H3. The maximum absolute atomic E-state index is 13.2. The summed E-state index contributed by atoms with van der Waals surface area (Å²) in [6.45, 7) is 3.81. The first-order chi connectivity index (χ1) is 5.44. The fourth-order valence-electron chi connectivity index (χ4n) is 0.820. The smallest absolute Gasteiger partial charge is 0.275 e. The maximum Gasteiger partial charge on any atom is 0.275 e. The van der Waals surface area contributed by atoms with Crippen LogP contribution in [0.1, 0.15) is 13.8 Å². The normalized spacial score (nSPS) is 15.2. The van der Waals surface area contributed by atoms with Crippen molar-refractivity contribution in [3.8, 4) is 0 Å². The van der Waals surface area contributed by atoms with Gasteiger partial charge >= 0.3 is 0 Å². The molecule has 0 aliphatic heterocycles. The number of halogens is 2. The van der Waals surface area contributed by atoms with Gasteiger partial charge in [0, 0.05) is 0 Å². The van der Waals surface area contributed by atoms with Crippen LogP contribution in [0, 0.1) is 0 Å². The van der Waals surface area contributed by atoms with Crippen LogP contribution in [-0.2, 0) is 0 Å². The number of hydrogen-bond donors (Lipinski definition) is 1. The van der Waals surface area contributed by atoms with E-state index in [9.17, 15) is 8.78 Å². The van der Waals surface area contributed by atoms with Crippen LogP contribution in [0.25, 0.3) is 0 Å². The highest BCUT2D eigenvalue weighted by Gasteiger charge is 2.36. The van der Waals surface area contributed by atoms with Gasteiger partial charge in [0.25, 0.3) is 5.92 Å². The van der Waals surface area contributed by atoms with E-state index in [0.717, 1.165) is 0 Å². The molecule has 0 bridgehead atoms. The molecule has 0 aromatic carbocycles. The largest absolute Gasteiger partial charge is 0.312 e. The number of nitrogens with one attached hydrogen (secondary N) is 1. The van der Waals surface area contributed by atoms with Gasteiger partial charge in [0.05, 0.1) is 12.6 Å². The van der Waals surface area contributed by atoms with Crippen molar-refractivity contribution in [3.63, 3.8) is 0 Å². The second-order valence-corrected chi connectivity index (χ2v) is 3.10. The van der Waals surface area contributed by atoms with Gasteiger partial charge in [0.1, 0.15) is 0 Å². The zero-order valence-electron chi connectivity index (χ0n) is 8.19. The Kier molecular flexibility index (Phi) is 4.63. The molecule has 1 unspecified atom stereocenters. The molecule has 1 atom stereocenters. The molecule has 0 aromatic heterocycles. The van der Waals surface area contributed by atoms with E-state index in [1.165, 1.54) is 6.92 Å². The fraction of sp³-hybridized carbons (Fsp3) is 1.00. The molecule has 4 heteroatoms. The molecule has 0 amide bonds. The number of rotatable bonds is 5. The highest BCUT2D eigenvalue weighted by atomic mass is 19.3. The third kappa shape index (κ3) is 3.45. The molecule has 0 radical (unpaired) electrons. The topological polar surface area (TPSA) is 15.3 Å². The van der Waals surface area contributed by atoms with Crippen LogP contribution in [-0.4, -0.2) is 44.0 Å². The molecule has 0 spiro atoms. The van der Waals surface area contributed by atoms with Crippen molar-refractivity contribution in [1.29, 1.82) is 0 Å². The summed E-state index contributed by atoms with van der Waals surface area (Å²) in [7, 11) is 3.24. The molecule has 74 valence electrons. The van der Waals surface area contributed by atoms with Gasteiger partial charge in [-0.3, -0.25) is 0 Å². The van der Waals surface area contributed by atoms with Crippen molar-refractivity contribution in [1.82, 2.24) is 10.2 Å². The summed E-state index contributed by atoms with van der Waals surface area (Å²) in [6.07, 6.45) is 0. The predicted molar refractivity (Wildman–Crippen MR) is 46.6 cm³/mol. The van der Waals surface area contributed by atoms with Gasteiger partial charge in [0.15, 0.2) is 0 Å². The average molecular weight is 180 g/mol. The fourth-order valence-corrected chi connectivity index (χ4v) is 0.820.